The van der Waals surface area contributed by atoms with Gasteiger partial charge in [0.05, 0.1) is 31.4 Å². The summed E-state index contributed by atoms with van der Waals surface area (Å²) in [6.07, 6.45) is 0.411. The van der Waals surface area contributed by atoms with Crippen LogP contribution in [-0.4, -0.2) is 37.5 Å². The maximum atomic E-state index is 12.5. The van der Waals surface area contributed by atoms with Crippen LogP contribution < -0.4 is 20.5 Å². The summed E-state index contributed by atoms with van der Waals surface area (Å²) >= 11 is 0. The first-order valence-electron chi connectivity index (χ1n) is 6.44. The second kappa shape index (κ2) is 5.92. The maximum Gasteiger partial charge on any atom is 0.237 e. The topological polar surface area (TPSA) is 90.7 Å². The molecule has 6 nitrogen and oxygen atoms in total. The third-order valence-electron chi connectivity index (χ3n) is 3.16. The molecule has 2 rings (SSSR count). The van der Waals surface area contributed by atoms with Crippen LogP contribution in [-0.2, 0) is 4.79 Å². The van der Waals surface area contributed by atoms with Crippen LogP contribution in [0.25, 0.3) is 0 Å². The van der Waals surface area contributed by atoms with Crippen LogP contribution in [0.15, 0.2) is 18.2 Å². The van der Waals surface area contributed by atoms with Crippen molar-refractivity contribution < 1.29 is 19.1 Å². The summed E-state index contributed by atoms with van der Waals surface area (Å²) < 4.78 is 10.6. The van der Waals surface area contributed by atoms with Crippen LogP contribution in [0.3, 0.4) is 0 Å². The lowest BCUT2D eigenvalue weighted by molar-refractivity contribution is -0.122. The molecule has 1 aromatic rings. The number of nitrogens with one attached hydrogen (secondary N) is 1. The summed E-state index contributed by atoms with van der Waals surface area (Å²) in [7, 11) is 1.53. The minimum atomic E-state index is -0.656. The van der Waals surface area contributed by atoms with Gasteiger partial charge >= 0.3 is 0 Å². The lowest BCUT2D eigenvalue weighted by Gasteiger charge is -2.16. The number of amides is 1. The Balaban J connectivity index is 2.26. The van der Waals surface area contributed by atoms with E-state index in [0.29, 0.717) is 30.1 Å². The molecule has 20 heavy (non-hydrogen) atoms. The Kier molecular flexibility index (Phi) is 4.24. The number of carbonyl (C=O) groups is 2. The molecule has 3 N–H and O–H groups in total. The Morgan fingerprint density at radius 3 is 2.95 bits per heavy atom. The molecule has 108 valence electrons. The SMILES string of the molecule is COc1ccc2c(c1)C(=O)C(NC(=O)C(C)N)CCO2. The number of hydrogen-bond acceptors (Lipinski definition) is 5. The average molecular weight is 278 g/mol. The van der Waals surface area contributed by atoms with Gasteiger partial charge in [-0.05, 0) is 25.1 Å². The number of nitrogens with two attached hydrogens (primary N) is 1. The molecule has 0 aliphatic carbocycles. The van der Waals surface area contributed by atoms with Gasteiger partial charge in [0, 0.05) is 6.42 Å². The van der Waals surface area contributed by atoms with Gasteiger partial charge in [0.15, 0.2) is 5.78 Å². The fourth-order valence-corrected chi connectivity index (χ4v) is 2.00. The fraction of sp³-hybridized carbons (Fsp3) is 0.429. The standard InChI is InChI=1S/C14H18N2O4/c1-8(15)14(18)16-11-5-6-20-12-4-3-9(19-2)7-10(12)13(11)17/h3-4,7-8,11H,5-6,15H2,1-2H3,(H,16,18). The first-order valence-corrected chi connectivity index (χ1v) is 6.44. The van der Waals surface area contributed by atoms with E-state index in [4.69, 9.17) is 15.2 Å². The molecule has 0 saturated carbocycles. The number of rotatable bonds is 3. The molecule has 0 radical (unpaired) electrons. The van der Waals surface area contributed by atoms with Crippen molar-refractivity contribution >= 4 is 11.7 Å². The molecule has 1 aromatic carbocycles. The number of benzene rings is 1. The zero-order chi connectivity index (χ0) is 14.7. The second-order valence-electron chi connectivity index (χ2n) is 4.71. The molecule has 1 amide bonds. The average Bonchev–Trinajstić information content (AvgIpc) is 2.59. The highest BCUT2D eigenvalue weighted by molar-refractivity contribution is 6.04. The highest BCUT2D eigenvalue weighted by Crippen LogP contribution is 2.28. The molecule has 2 unspecified atom stereocenters. The molecule has 1 heterocycles. The van der Waals surface area contributed by atoms with Crippen molar-refractivity contribution in [1.29, 1.82) is 0 Å². The van der Waals surface area contributed by atoms with E-state index in [0.717, 1.165) is 0 Å². The quantitative estimate of drug-likeness (QED) is 0.840. The monoisotopic (exact) mass is 278 g/mol. The highest BCUT2D eigenvalue weighted by Gasteiger charge is 2.28. The zero-order valence-electron chi connectivity index (χ0n) is 11.5. The van der Waals surface area contributed by atoms with Crippen molar-refractivity contribution in [2.75, 3.05) is 13.7 Å². The van der Waals surface area contributed by atoms with Crippen molar-refractivity contribution in [2.24, 2.45) is 5.73 Å². The van der Waals surface area contributed by atoms with Gasteiger partial charge in [0.1, 0.15) is 11.5 Å². The molecular weight excluding hydrogens is 260 g/mol. The van der Waals surface area contributed by atoms with Crippen molar-refractivity contribution in [3.63, 3.8) is 0 Å². The van der Waals surface area contributed by atoms with Gasteiger partial charge in [0.2, 0.25) is 5.91 Å². The zero-order valence-corrected chi connectivity index (χ0v) is 11.5. The van der Waals surface area contributed by atoms with Crippen LogP contribution >= 0.6 is 0 Å². The molecule has 0 saturated heterocycles. The number of ketones is 1. The Hall–Kier alpha value is -2.08. The predicted octanol–water partition coefficient (Wildman–Crippen LogP) is 0.492. The maximum absolute atomic E-state index is 12.5. The molecule has 6 heteroatoms. The number of carbonyl (C=O) groups excluding carboxylic acids is 2. The number of ether oxygens (including phenoxy) is 2. The minimum Gasteiger partial charge on any atom is -0.497 e. The van der Waals surface area contributed by atoms with E-state index in [1.54, 1.807) is 25.1 Å². The Labute approximate surface area is 117 Å². The fourth-order valence-electron chi connectivity index (χ4n) is 2.00. The first-order chi connectivity index (χ1) is 9.52. The molecule has 2 atom stereocenters. The van der Waals surface area contributed by atoms with Crippen molar-refractivity contribution in [3.8, 4) is 11.5 Å². The number of fused-ring (bicyclic) bond motifs is 1. The molecule has 1 aliphatic heterocycles. The van der Waals surface area contributed by atoms with Gasteiger partial charge in [-0.2, -0.15) is 0 Å². The van der Waals surface area contributed by atoms with E-state index in [2.05, 4.69) is 5.32 Å². The Bertz CT molecular complexity index is 528. The van der Waals surface area contributed by atoms with Gasteiger partial charge in [-0.15, -0.1) is 0 Å². The second-order valence-corrected chi connectivity index (χ2v) is 4.71. The van der Waals surface area contributed by atoms with Crippen LogP contribution in [0.1, 0.15) is 23.7 Å². The van der Waals surface area contributed by atoms with Crippen LogP contribution in [0, 0.1) is 0 Å². The first kappa shape index (κ1) is 14.3. The number of methoxy groups -OCH3 is 1. The Morgan fingerprint density at radius 1 is 1.55 bits per heavy atom. The summed E-state index contributed by atoms with van der Waals surface area (Å²) in [6, 6.07) is 3.77. The van der Waals surface area contributed by atoms with Gasteiger partial charge in [-0.1, -0.05) is 0 Å². The van der Waals surface area contributed by atoms with Crippen LogP contribution in [0.5, 0.6) is 11.5 Å². The molecule has 1 aliphatic rings. The number of hydrogen-bond donors (Lipinski definition) is 2. The van der Waals surface area contributed by atoms with E-state index in [1.165, 1.54) is 7.11 Å². The largest absolute Gasteiger partial charge is 0.497 e. The van der Waals surface area contributed by atoms with Crippen molar-refractivity contribution in [2.45, 2.75) is 25.4 Å². The molecule has 0 aromatic heterocycles. The smallest absolute Gasteiger partial charge is 0.237 e. The summed E-state index contributed by atoms with van der Waals surface area (Å²) in [6.45, 7) is 1.93. The summed E-state index contributed by atoms with van der Waals surface area (Å²) in [4.78, 5) is 24.1. The minimum absolute atomic E-state index is 0.189. The van der Waals surface area contributed by atoms with Crippen LogP contribution in [0.2, 0.25) is 0 Å². The molecule has 0 bridgehead atoms. The van der Waals surface area contributed by atoms with Crippen molar-refractivity contribution in [3.05, 3.63) is 23.8 Å². The third kappa shape index (κ3) is 2.91. The normalized spacial score (nSPS) is 19.4. The van der Waals surface area contributed by atoms with E-state index >= 15 is 0 Å². The van der Waals surface area contributed by atoms with Crippen molar-refractivity contribution in [1.82, 2.24) is 5.32 Å². The van der Waals surface area contributed by atoms with E-state index in [1.807, 2.05) is 0 Å². The summed E-state index contributed by atoms with van der Waals surface area (Å²) in [5, 5.41) is 2.65. The summed E-state index contributed by atoms with van der Waals surface area (Å²) in [5.41, 5.74) is 5.92. The van der Waals surface area contributed by atoms with E-state index < -0.39 is 12.1 Å². The highest BCUT2D eigenvalue weighted by atomic mass is 16.5. The summed E-state index contributed by atoms with van der Waals surface area (Å²) in [5.74, 6) is 0.535. The van der Waals surface area contributed by atoms with Gasteiger partial charge in [-0.3, -0.25) is 9.59 Å². The predicted molar refractivity (Wildman–Crippen MR) is 73.0 cm³/mol. The van der Waals surface area contributed by atoms with E-state index in [9.17, 15) is 9.59 Å². The lowest BCUT2D eigenvalue weighted by atomic mass is 10.0. The Morgan fingerprint density at radius 2 is 2.30 bits per heavy atom. The number of Topliss-reactive ketones (excluding diaryl/α,β-unsaturated/α-hetero) is 1. The molecule has 0 fully saturated rings. The van der Waals surface area contributed by atoms with E-state index in [-0.39, 0.29) is 11.7 Å². The van der Waals surface area contributed by atoms with Crippen LogP contribution in [0.4, 0.5) is 0 Å². The van der Waals surface area contributed by atoms with Gasteiger partial charge in [-0.25, -0.2) is 0 Å². The molecular formula is C14H18N2O4. The van der Waals surface area contributed by atoms with Gasteiger partial charge in [0.25, 0.3) is 0 Å². The molecule has 0 spiro atoms. The lowest BCUT2D eigenvalue weighted by Crippen LogP contribution is -2.47. The van der Waals surface area contributed by atoms with Gasteiger partial charge < -0.3 is 20.5 Å². The third-order valence-corrected chi connectivity index (χ3v) is 3.16.